The van der Waals surface area contributed by atoms with Gasteiger partial charge in [0.25, 0.3) is 0 Å². The molecular weight excluding hydrogens is 242 g/mol. The van der Waals surface area contributed by atoms with Gasteiger partial charge in [-0.15, -0.1) is 0 Å². The highest BCUT2D eigenvalue weighted by atomic mass is 16.4. The number of aryl methyl sites for hydroxylation is 2. The molecule has 0 bridgehead atoms. The third-order valence-electron chi connectivity index (χ3n) is 3.31. The van der Waals surface area contributed by atoms with Crippen molar-refractivity contribution in [2.45, 2.75) is 19.8 Å². The topological polar surface area (TPSA) is 68.0 Å². The normalized spacial score (nSPS) is 12.3. The van der Waals surface area contributed by atoms with Crippen molar-refractivity contribution in [2.75, 3.05) is 0 Å². The zero-order valence-electron chi connectivity index (χ0n) is 11.1. The van der Waals surface area contributed by atoms with Crippen LogP contribution in [0.2, 0.25) is 0 Å². The second-order valence-corrected chi connectivity index (χ2v) is 4.67. The third kappa shape index (κ3) is 3.19. The molecule has 0 spiro atoms. The minimum Gasteiger partial charge on any atom is -0.481 e. The molecule has 0 saturated carbocycles. The van der Waals surface area contributed by atoms with Crippen LogP contribution in [0.4, 0.5) is 0 Å². The molecule has 1 aromatic heterocycles. The average Bonchev–Trinajstić information content (AvgIpc) is 2.76. The van der Waals surface area contributed by atoms with Crippen LogP contribution in [0.15, 0.2) is 30.6 Å². The van der Waals surface area contributed by atoms with Crippen molar-refractivity contribution in [1.29, 1.82) is 0 Å². The summed E-state index contributed by atoms with van der Waals surface area (Å²) in [5.41, 5.74) is 2.18. The van der Waals surface area contributed by atoms with Gasteiger partial charge in [-0.3, -0.25) is 9.48 Å². The summed E-state index contributed by atoms with van der Waals surface area (Å²) >= 11 is 0. The molecule has 0 aliphatic rings. The van der Waals surface area contributed by atoms with Gasteiger partial charge in [0, 0.05) is 13.5 Å². The van der Waals surface area contributed by atoms with Crippen molar-refractivity contribution in [3.05, 3.63) is 47.5 Å². The first-order chi connectivity index (χ1) is 9.08. The minimum absolute atomic E-state index is 0.389. The van der Waals surface area contributed by atoms with Gasteiger partial charge in [0.2, 0.25) is 0 Å². The highest BCUT2D eigenvalue weighted by Crippen LogP contribution is 2.16. The van der Waals surface area contributed by atoms with E-state index in [1.54, 1.807) is 11.7 Å². The zero-order chi connectivity index (χ0) is 13.8. The van der Waals surface area contributed by atoms with Crippen LogP contribution in [0.5, 0.6) is 0 Å². The molecule has 0 radical (unpaired) electrons. The van der Waals surface area contributed by atoms with Gasteiger partial charge in [0.15, 0.2) is 0 Å². The van der Waals surface area contributed by atoms with Gasteiger partial charge in [-0.1, -0.05) is 24.3 Å². The summed E-state index contributed by atoms with van der Waals surface area (Å²) < 4.78 is 1.62. The molecule has 1 heterocycles. The van der Waals surface area contributed by atoms with Gasteiger partial charge < -0.3 is 5.11 Å². The standard InChI is InChI=1S/C14H17N3O2/c1-10-5-3-4-6-11(10)7-12(14(18)19)8-13-15-9-16-17(13)2/h3-6,9,12H,7-8H2,1-2H3,(H,18,19). The summed E-state index contributed by atoms with van der Waals surface area (Å²) in [5, 5.41) is 13.3. The van der Waals surface area contributed by atoms with Crippen LogP contribution in [0.3, 0.4) is 0 Å². The van der Waals surface area contributed by atoms with Gasteiger partial charge in [0.1, 0.15) is 12.2 Å². The molecule has 2 rings (SSSR count). The van der Waals surface area contributed by atoms with Crippen molar-refractivity contribution in [1.82, 2.24) is 14.8 Å². The Balaban J connectivity index is 2.16. The average molecular weight is 259 g/mol. The first-order valence-electron chi connectivity index (χ1n) is 6.18. The fourth-order valence-electron chi connectivity index (χ4n) is 2.08. The van der Waals surface area contributed by atoms with E-state index in [2.05, 4.69) is 10.1 Å². The Kier molecular flexibility index (Phi) is 3.94. The summed E-state index contributed by atoms with van der Waals surface area (Å²) in [6.07, 6.45) is 2.34. The summed E-state index contributed by atoms with van der Waals surface area (Å²) in [7, 11) is 1.77. The number of hydrogen-bond acceptors (Lipinski definition) is 3. The molecule has 5 nitrogen and oxygen atoms in total. The van der Waals surface area contributed by atoms with Gasteiger partial charge in [-0.2, -0.15) is 5.10 Å². The van der Waals surface area contributed by atoms with Crippen LogP contribution in [0, 0.1) is 12.8 Å². The van der Waals surface area contributed by atoms with E-state index in [1.165, 1.54) is 6.33 Å². The van der Waals surface area contributed by atoms with Crippen LogP contribution in [0.1, 0.15) is 17.0 Å². The molecule has 1 unspecified atom stereocenters. The molecule has 0 amide bonds. The zero-order valence-corrected chi connectivity index (χ0v) is 11.1. The van der Waals surface area contributed by atoms with E-state index in [-0.39, 0.29) is 0 Å². The van der Waals surface area contributed by atoms with Crippen LogP contribution in [-0.2, 0) is 24.7 Å². The SMILES string of the molecule is Cc1ccccc1CC(Cc1ncnn1C)C(=O)O. The number of carboxylic acid groups (broad SMARTS) is 1. The van der Waals surface area contributed by atoms with Crippen molar-refractivity contribution >= 4 is 5.97 Å². The number of aromatic nitrogens is 3. The molecule has 19 heavy (non-hydrogen) atoms. The van der Waals surface area contributed by atoms with Gasteiger partial charge in [0.05, 0.1) is 5.92 Å². The lowest BCUT2D eigenvalue weighted by Crippen LogP contribution is -2.21. The van der Waals surface area contributed by atoms with E-state index in [9.17, 15) is 9.90 Å². The Hall–Kier alpha value is -2.17. The van der Waals surface area contributed by atoms with Crippen LogP contribution in [-0.4, -0.2) is 25.8 Å². The molecule has 5 heteroatoms. The van der Waals surface area contributed by atoms with Crippen LogP contribution >= 0.6 is 0 Å². The van der Waals surface area contributed by atoms with Gasteiger partial charge in [-0.25, -0.2) is 4.98 Å². The van der Waals surface area contributed by atoms with E-state index >= 15 is 0 Å². The Labute approximate surface area is 111 Å². The Morgan fingerprint density at radius 3 is 2.68 bits per heavy atom. The summed E-state index contributed by atoms with van der Waals surface area (Å²) in [6.45, 7) is 2.00. The summed E-state index contributed by atoms with van der Waals surface area (Å²) in [5.74, 6) is -0.587. The predicted octanol–water partition coefficient (Wildman–Crippen LogP) is 1.61. The Morgan fingerprint density at radius 1 is 1.37 bits per heavy atom. The number of carbonyl (C=O) groups is 1. The van der Waals surface area contributed by atoms with Crippen molar-refractivity contribution in [3.8, 4) is 0 Å². The lowest BCUT2D eigenvalue weighted by molar-refractivity contribution is -0.141. The maximum absolute atomic E-state index is 11.4. The highest BCUT2D eigenvalue weighted by Gasteiger charge is 2.21. The number of nitrogens with zero attached hydrogens (tertiary/aromatic N) is 3. The summed E-state index contributed by atoms with van der Waals surface area (Å²) in [6, 6.07) is 7.86. The molecule has 2 aromatic rings. The van der Waals surface area contributed by atoms with E-state index in [0.717, 1.165) is 11.1 Å². The Bertz CT molecular complexity index is 578. The molecule has 1 aromatic carbocycles. The molecule has 1 atom stereocenters. The van der Waals surface area contributed by atoms with Gasteiger partial charge in [-0.05, 0) is 24.5 Å². The molecule has 100 valence electrons. The van der Waals surface area contributed by atoms with Crippen molar-refractivity contribution < 1.29 is 9.90 Å². The van der Waals surface area contributed by atoms with Crippen molar-refractivity contribution in [2.24, 2.45) is 13.0 Å². The smallest absolute Gasteiger partial charge is 0.307 e. The van der Waals surface area contributed by atoms with E-state index in [4.69, 9.17) is 0 Å². The van der Waals surface area contributed by atoms with Crippen LogP contribution in [0.25, 0.3) is 0 Å². The number of benzene rings is 1. The molecule has 0 aliphatic carbocycles. The highest BCUT2D eigenvalue weighted by molar-refractivity contribution is 5.70. The lowest BCUT2D eigenvalue weighted by atomic mass is 9.93. The number of hydrogen-bond donors (Lipinski definition) is 1. The second kappa shape index (κ2) is 5.65. The third-order valence-corrected chi connectivity index (χ3v) is 3.31. The molecule has 0 saturated heterocycles. The predicted molar refractivity (Wildman–Crippen MR) is 70.7 cm³/mol. The van der Waals surface area contributed by atoms with E-state index < -0.39 is 11.9 Å². The molecule has 0 aliphatic heterocycles. The van der Waals surface area contributed by atoms with E-state index in [1.807, 2.05) is 31.2 Å². The largest absolute Gasteiger partial charge is 0.481 e. The maximum atomic E-state index is 11.4. The quantitative estimate of drug-likeness (QED) is 0.885. The first-order valence-corrected chi connectivity index (χ1v) is 6.18. The van der Waals surface area contributed by atoms with Crippen LogP contribution < -0.4 is 0 Å². The first kappa shape index (κ1) is 13.3. The summed E-state index contributed by atoms with van der Waals surface area (Å²) in [4.78, 5) is 15.5. The molecular formula is C14H17N3O2. The Morgan fingerprint density at radius 2 is 2.11 bits per heavy atom. The van der Waals surface area contributed by atoms with Gasteiger partial charge >= 0.3 is 5.97 Å². The molecule has 0 fully saturated rings. The number of rotatable bonds is 5. The van der Waals surface area contributed by atoms with E-state index in [0.29, 0.717) is 18.7 Å². The fourth-order valence-corrected chi connectivity index (χ4v) is 2.08. The molecule has 1 N–H and O–H groups in total. The monoisotopic (exact) mass is 259 g/mol. The fraction of sp³-hybridized carbons (Fsp3) is 0.357. The van der Waals surface area contributed by atoms with Crippen molar-refractivity contribution in [3.63, 3.8) is 0 Å². The lowest BCUT2D eigenvalue weighted by Gasteiger charge is -2.13. The minimum atomic E-state index is -0.800. The number of aliphatic carboxylic acids is 1. The maximum Gasteiger partial charge on any atom is 0.307 e. The number of carboxylic acids is 1. The second-order valence-electron chi connectivity index (χ2n) is 4.67.